The molecule has 1 aliphatic rings. The number of primary amides is 1. The largest absolute Gasteiger partial charge is 0.508 e. The van der Waals surface area contributed by atoms with Crippen LogP contribution in [0.25, 0.3) is 0 Å². The Morgan fingerprint density at radius 1 is 1.47 bits per heavy atom. The molecule has 5 heteroatoms. The Balaban J connectivity index is 2.06. The minimum atomic E-state index is -0.391. The fraction of sp³-hybridized carbons (Fsp3) is 0.500. The van der Waals surface area contributed by atoms with Crippen molar-refractivity contribution in [2.75, 3.05) is 20.1 Å². The molecule has 2 amide bonds. The van der Waals surface area contributed by atoms with Gasteiger partial charge in [-0.3, -0.25) is 0 Å². The number of piperidine rings is 1. The van der Waals surface area contributed by atoms with Crippen LogP contribution in [0.2, 0.25) is 0 Å². The Morgan fingerprint density at radius 2 is 2.16 bits per heavy atom. The number of hydrogen-bond acceptors (Lipinski definition) is 3. The normalized spacial score (nSPS) is 17.3. The maximum absolute atomic E-state index is 11.6. The number of aromatic hydroxyl groups is 1. The van der Waals surface area contributed by atoms with Gasteiger partial charge in [0.25, 0.3) is 0 Å². The van der Waals surface area contributed by atoms with E-state index in [1.807, 2.05) is 6.07 Å². The third-order valence-corrected chi connectivity index (χ3v) is 3.68. The minimum absolute atomic E-state index is 0.191. The number of likely N-dealkylation sites (tertiary alicyclic amines) is 1. The average molecular weight is 263 g/mol. The van der Waals surface area contributed by atoms with Crippen LogP contribution in [0.4, 0.5) is 4.79 Å². The molecule has 1 saturated heterocycles. The molecule has 0 bridgehead atoms. The fourth-order valence-corrected chi connectivity index (χ4v) is 2.55. The van der Waals surface area contributed by atoms with E-state index < -0.39 is 6.03 Å². The lowest BCUT2D eigenvalue weighted by Gasteiger charge is -2.36. The summed E-state index contributed by atoms with van der Waals surface area (Å²) in [5, 5.41) is 9.47. The average Bonchev–Trinajstić information content (AvgIpc) is 2.37. The van der Waals surface area contributed by atoms with E-state index in [1.165, 1.54) is 0 Å². The highest BCUT2D eigenvalue weighted by Crippen LogP contribution is 2.19. The third-order valence-electron chi connectivity index (χ3n) is 3.68. The molecular formula is C14H21N3O2. The first kappa shape index (κ1) is 13.7. The van der Waals surface area contributed by atoms with Crippen molar-refractivity contribution in [1.82, 2.24) is 9.80 Å². The smallest absolute Gasteiger partial charge is 0.315 e. The van der Waals surface area contributed by atoms with Gasteiger partial charge >= 0.3 is 6.03 Å². The van der Waals surface area contributed by atoms with Crippen LogP contribution in [0.1, 0.15) is 18.4 Å². The number of nitrogens with zero attached hydrogens (tertiary/aromatic N) is 2. The van der Waals surface area contributed by atoms with E-state index in [0.29, 0.717) is 6.54 Å². The standard InChI is InChI=1S/C14H21N3O2/c1-16-7-5-12(6-8-16)17(14(15)19)10-11-3-2-4-13(18)9-11/h2-4,9,12,18H,5-8,10H2,1H3,(H2,15,19). The van der Waals surface area contributed by atoms with Gasteiger partial charge in [-0.1, -0.05) is 12.1 Å². The molecule has 0 spiro atoms. The van der Waals surface area contributed by atoms with Gasteiger partial charge in [-0.05, 0) is 50.7 Å². The summed E-state index contributed by atoms with van der Waals surface area (Å²) in [5.74, 6) is 0.213. The Morgan fingerprint density at radius 3 is 2.74 bits per heavy atom. The van der Waals surface area contributed by atoms with Crippen LogP contribution in [0.15, 0.2) is 24.3 Å². The predicted molar refractivity (Wildman–Crippen MR) is 73.8 cm³/mol. The Hall–Kier alpha value is -1.75. The number of carbonyl (C=O) groups is 1. The molecule has 0 unspecified atom stereocenters. The monoisotopic (exact) mass is 263 g/mol. The first-order chi connectivity index (χ1) is 9.06. The number of carbonyl (C=O) groups excluding carboxylic acids is 1. The van der Waals surface area contributed by atoms with Crippen molar-refractivity contribution in [2.24, 2.45) is 5.73 Å². The number of hydrogen-bond donors (Lipinski definition) is 2. The summed E-state index contributed by atoms with van der Waals surface area (Å²) < 4.78 is 0. The number of urea groups is 1. The molecule has 2 rings (SSSR count). The molecule has 0 atom stereocenters. The summed E-state index contributed by atoms with van der Waals surface area (Å²) in [4.78, 5) is 15.6. The summed E-state index contributed by atoms with van der Waals surface area (Å²) in [6, 6.07) is 6.76. The SMILES string of the molecule is CN1CCC(N(Cc2cccc(O)c2)C(N)=O)CC1. The Labute approximate surface area is 113 Å². The molecule has 19 heavy (non-hydrogen) atoms. The molecule has 1 aliphatic heterocycles. The van der Waals surface area contributed by atoms with E-state index in [9.17, 15) is 9.90 Å². The first-order valence-electron chi connectivity index (χ1n) is 6.59. The van der Waals surface area contributed by atoms with Crippen LogP contribution < -0.4 is 5.73 Å². The maximum Gasteiger partial charge on any atom is 0.315 e. The van der Waals surface area contributed by atoms with Gasteiger partial charge in [0, 0.05) is 12.6 Å². The van der Waals surface area contributed by atoms with E-state index in [2.05, 4.69) is 11.9 Å². The van der Waals surface area contributed by atoms with Crippen LogP contribution >= 0.6 is 0 Å². The lowest BCUT2D eigenvalue weighted by molar-refractivity contribution is 0.133. The zero-order valence-corrected chi connectivity index (χ0v) is 11.2. The van der Waals surface area contributed by atoms with Crippen molar-refractivity contribution in [3.8, 4) is 5.75 Å². The van der Waals surface area contributed by atoms with Gasteiger partial charge in [0.2, 0.25) is 0 Å². The van der Waals surface area contributed by atoms with Crippen molar-refractivity contribution in [2.45, 2.75) is 25.4 Å². The minimum Gasteiger partial charge on any atom is -0.508 e. The molecule has 0 saturated carbocycles. The number of benzene rings is 1. The molecule has 0 aliphatic carbocycles. The molecule has 1 aromatic rings. The van der Waals surface area contributed by atoms with Gasteiger partial charge in [0.05, 0.1) is 0 Å². The number of amides is 2. The molecule has 5 nitrogen and oxygen atoms in total. The third kappa shape index (κ3) is 3.61. The second kappa shape index (κ2) is 5.93. The first-order valence-corrected chi connectivity index (χ1v) is 6.59. The van der Waals surface area contributed by atoms with E-state index in [1.54, 1.807) is 23.1 Å². The molecule has 1 aromatic carbocycles. The lowest BCUT2D eigenvalue weighted by atomic mass is 10.0. The van der Waals surface area contributed by atoms with Gasteiger partial charge in [0.15, 0.2) is 0 Å². The quantitative estimate of drug-likeness (QED) is 0.865. The van der Waals surface area contributed by atoms with Crippen LogP contribution in [-0.4, -0.2) is 47.1 Å². The van der Waals surface area contributed by atoms with Crippen LogP contribution in [0.5, 0.6) is 5.75 Å². The molecule has 0 radical (unpaired) electrons. The van der Waals surface area contributed by atoms with E-state index in [4.69, 9.17) is 5.73 Å². The summed E-state index contributed by atoms with van der Waals surface area (Å²) in [6.45, 7) is 2.42. The highest BCUT2D eigenvalue weighted by Gasteiger charge is 2.25. The molecule has 1 heterocycles. The van der Waals surface area contributed by atoms with Gasteiger partial charge in [-0.2, -0.15) is 0 Å². The van der Waals surface area contributed by atoms with E-state index in [0.717, 1.165) is 31.5 Å². The van der Waals surface area contributed by atoms with Gasteiger partial charge in [-0.25, -0.2) is 4.79 Å². The second-order valence-electron chi connectivity index (χ2n) is 5.17. The summed E-state index contributed by atoms with van der Waals surface area (Å²) >= 11 is 0. The van der Waals surface area contributed by atoms with Crippen molar-refractivity contribution < 1.29 is 9.90 Å². The zero-order chi connectivity index (χ0) is 13.8. The summed E-state index contributed by atoms with van der Waals surface area (Å²) in [7, 11) is 2.08. The number of nitrogens with two attached hydrogens (primary N) is 1. The molecule has 1 fully saturated rings. The molecular weight excluding hydrogens is 242 g/mol. The fourth-order valence-electron chi connectivity index (χ4n) is 2.55. The molecule has 104 valence electrons. The predicted octanol–water partition coefficient (Wildman–Crippen LogP) is 1.37. The van der Waals surface area contributed by atoms with Crippen LogP contribution in [0, 0.1) is 0 Å². The van der Waals surface area contributed by atoms with Gasteiger partial charge in [-0.15, -0.1) is 0 Å². The van der Waals surface area contributed by atoms with E-state index >= 15 is 0 Å². The van der Waals surface area contributed by atoms with Crippen molar-refractivity contribution >= 4 is 6.03 Å². The maximum atomic E-state index is 11.6. The number of phenolic OH excluding ortho intramolecular Hbond substituents is 1. The molecule has 0 aromatic heterocycles. The highest BCUT2D eigenvalue weighted by atomic mass is 16.3. The van der Waals surface area contributed by atoms with Crippen LogP contribution in [-0.2, 0) is 6.54 Å². The zero-order valence-electron chi connectivity index (χ0n) is 11.2. The topological polar surface area (TPSA) is 69.8 Å². The van der Waals surface area contributed by atoms with Crippen LogP contribution in [0.3, 0.4) is 0 Å². The molecule has 3 N–H and O–H groups in total. The number of phenols is 1. The Kier molecular flexibility index (Phi) is 4.27. The lowest BCUT2D eigenvalue weighted by Crippen LogP contribution is -2.48. The van der Waals surface area contributed by atoms with Crippen molar-refractivity contribution in [1.29, 1.82) is 0 Å². The van der Waals surface area contributed by atoms with Gasteiger partial charge < -0.3 is 20.6 Å². The summed E-state index contributed by atoms with van der Waals surface area (Å²) in [5.41, 5.74) is 6.40. The van der Waals surface area contributed by atoms with Crippen molar-refractivity contribution in [3.63, 3.8) is 0 Å². The highest BCUT2D eigenvalue weighted by molar-refractivity contribution is 5.72. The number of rotatable bonds is 3. The Bertz CT molecular complexity index is 442. The second-order valence-corrected chi connectivity index (χ2v) is 5.17. The van der Waals surface area contributed by atoms with E-state index in [-0.39, 0.29) is 11.8 Å². The van der Waals surface area contributed by atoms with Crippen molar-refractivity contribution in [3.05, 3.63) is 29.8 Å². The summed E-state index contributed by atoms with van der Waals surface area (Å²) in [6.07, 6.45) is 1.89. The van der Waals surface area contributed by atoms with Gasteiger partial charge in [0.1, 0.15) is 5.75 Å².